The molecule has 0 aliphatic carbocycles. The van der Waals surface area contributed by atoms with Gasteiger partial charge in [-0.15, -0.1) is 0 Å². The molecule has 1 amide bonds. The number of hydrogen-bond donors (Lipinski definition) is 2. The van der Waals surface area contributed by atoms with Crippen LogP contribution in [-0.4, -0.2) is 60.6 Å². The lowest BCUT2D eigenvalue weighted by Crippen LogP contribution is -2.42. The number of piperidine rings is 1. The first kappa shape index (κ1) is 16.1. The van der Waals surface area contributed by atoms with Gasteiger partial charge in [0.25, 0.3) is 0 Å². The smallest absolute Gasteiger partial charge is 0.221 e. The van der Waals surface area contributed by atoms with E-state index in [1.807, 2.05) is 11.8 Å². The summed E-state index contributed by atoms with van der Waals surface area (Å²) >= 11 is 1.94. The van der Waals surface area contributed by atoms with Crippen molar-refractivity contribution in [1.82, 2.24) is 15.5 Å². The molecule has 2 unspecified atom stereocenters. The predicted molar refractivity (Wildman–Crippen MR) is 86.2 cm³/mol. The maximum absolute atomic E-state index is 11.9. The Morgan fingerprint density at radius 3 is 3.10 bits per heavy atom. The van der Waals surface area contributed by atoms with E-state index in [2.05, 4.69) is 22.5 Å². The number of nitrogens with zero attached hydrogens (tertiary/aromatic N) is 1. The fourth-order valence-electron chi connectivity index (χ4n) is 3.05. The van der Waals surface area contributed by atoms with Crippen molar-refractivity contribution in [1.29, 1.82) is 0 Å². The van der Waals surface area contributed by atoms with Crippen LogP contribution in [0.25, 0.3) is 0 Å². The number of amides is 1. The minimum absolute atomic E-state index is 0.205. The zero-order valence-electron chi connectivity index (χ0n) is 12.7. The molecule has 0 saturated carbocycles. The van der Waals surface area contributed by atoms with E-state index in [4.69, 9.17) is 0 Å². The Hall–Kier alpha value is -0.260. The van der Waals surface area contributed by atoms with Gasteiger partial charge in [-0.05, 0) is 32.7 Å². The average Bonchev–Trinajstić information content (AvgIpc) is 2.46. The molecule has 2 N–H and O–H groups in total. The van der Waals surface area contributed by atoms with Crippen molar-refractivity contribution in [2.45, 2.75) is 51.1 Å². The molecular weight excluding hydrogens is 270 g/mol. The van der Waals surface area contributed by atoms with Gasteiger partial charge in [0.2, 0.25) is 5.91 Å². The zero-order chi connectivity index (χ0) is 14.2. The number of nitrogens with one attached hydrogen (secondary N) is 2. The van der Waals surface area contributed by atoms with Crippen molar-refractivity contribution < 1.29 is 4.79 Å². The van der Waals surface area contributed by atoms with Crippen molar-refractivity contribution >= 4 is 17.7 Å². The van der Waals surface area contributed by atoms with E-state index in [-0.39, 0.29) is 5.91 Å². The molecule has 2 atom stereocenters. The Kier molecular flexibility index (Phi) is 7.17. The Balaban J connectivity index is 1.52. The molecule has 2 saturated heterocycles. The van der Waals surface area contributed by atoms with Gasteiger partial charge < -0.3 is 15.5 Å². The predicted octanol–water partition coefficient (Wildman–Crippen LogP) is 1.46. The third-order valence-corrected chi connectivity index (χ3v) is 5.45. The summed E-state index contributed by atoms with van der Waals surface area (Å²) in [5.74, 6) is 2.45. The monoisotopic (exact) mass is 299 g/mol. The van der Waals surface area contributed by atoms with Crippen LogP contribution in [0.3, 0.4) is 0 Å². The van der Waals surface area contributed by atoms with Gasteiger partial charge in [-0.25, -0.2) is 0 Å². The van der Waals surface area contributed by atoms with Crippen molar-refractivity contribution in [3.05, 3.63) is 0 Å². The summed E-state index contributed by atoms with van der Waals surface area (Å²) in [6.45, 7) is 6.54. The number of carbonyl (C=O) groups is 1. The number of thioether (sulfide) groups is 1. The molecule has 0 spiro atoms. The summed E-state index contributed by atoms with van der Waals surface area (Å²) in [6.07, 6.45) is 5.75. The molecule has 2 aliphatic rings. The van der Waals surface area contributed by atoms with Gasteiger partial charge in [0.15, 0.2) is 0 Å². The number of rotatable bonds is 6. The average molecular weight is 299 g/mol. The molecule has 2 heterocycles. The molecular formula is C15H29N3OS. The van der Waals surface area contributed by atoms with Crippen molar-refractivity contribution in [3.8, 4) is 0 Å². The molecule has 2 aliphatic heterocycles. The third-order valence-electron chi connectivity index (χ3n) is 4.32. The SMILES string of the molecule is CC1CCCCN1CCCNC(=O)CC1CSCCN1. The highest BCUT2D eigenvalue weighted by atomic mass is 32.2. The quantitative estimate of drug-likeness (QED) is 0.729. The van der Waals surface area contributed by atoms with Gasteiger partial charge in [-0.2, -0.15) is 11.8 Å². The van der Waals surface area contributed by atoms with E-state index >= 15 is 0 Å². The van der Waals surface area contributed by atoms with Gasteiger partial charge in [-0.3, -0.25) is 4.79 Å². The van der Waals surface area contributed by atoms with Gasteiger partial charge in [0.1, 0.15) is 0 Å². The van der Waals surface area contributed by atoms with Crippen LogP contribution in [0.2, 0.25) is 0 Å². The molecule has 0 bridgehead atoms. The van der Waals surface area contributed by atoms with E-state index in [0.29, 0.717) is 12.5 Å². The second-order valence-corrected chi connectivity index (χ2v) is 7.16. The van der Waals surface area contributed by atoms with E-state index in [0.717, 1.165) is 37.8 Å². The maximum atomic E-state index is 11.9. The fraction of sp³-hybridized carbons (Fsp3) is 0.933. The highest BCUT2D eigenvalue weighted by Crippen LogP contribution is 2.16. The fourth-order valence-corrected chi connectivity index (χ4v) is 4.00. The van der Waals surface area contributed by atoms with Gasteiger partial charge in [-0.1, -0.05) is 6.42 Å². The molecule has 4 nitrogen and oxygen atoms in total. The molecule has 0 aromatic rings. The van der Waals surface area contributed by atoms with Crippen molar-refractivity contribution in [3.63, 3.8) is 0 Å². The second-order valence-electron chi connectivity index (χ2n) is 6.01. The van der Waals surface area contributed by atoms with Crippen LogP contribution in [0.15, 0.2) is 0 Å². The second kappa shape index (κ2) is 8.90. The largest absolute Gasteiger partial charge is 0.356 e. The molecule has 0 aromatic carbocycles. The summed E-state index contributed by atoms with van der Waals surface area (Å²) in [7, 11) is 0. The molecule has 2 rings (SSSR count). The van der Waals surface area contributed by atoms with Crippen LogP contribution < -0.4 is 10.6 Å². The normalized spacial score (nSPS) is 28.2. The standard InChI is InChI=1S/C15H29N3OS/c1-13-5-2-3-8-18(13)9-4-6-17-15(19)11-14-12-20-10-7-16-14/h13-14,16H,2-12H2,1H3,(H,17,19). The maximum Gasteiger partial charge on any atom is 0.221 e. The number of hydrogen-bond acceptors (Lipinski definition) is 4. The molecule has 116 valence electrons. The van der Waals surface area contributed by atoms with Gasteiger partial charge in [0.05, 0.1) is 0 Å². The Bertz CT molecular complexity index is 295. The minimum Gasteiger partial charge on any atom is -0.356 e. The van der Waals surface area contributed by atoms with Crippen LogP contribution in [0.4, 0.5) is 0 Å². The van der Waals surface area contributed by atoms with Gasteiger partial charge in [0, 0.05) is 49.6 Å². The summed E-state index contributed by atoms with van der Waals surface area (Å²) in [5, 5.41) is 6.48. The zero-order valence-corrected chi connectivity index (χ0v) is 13.5. The lowest BCUT2D eigenvalue weighted by molar-refractivity contribution is -0.121. The lowest BCUT2D eigenvalue weighted by Gasteiger charge is -2.33. The molecule has 0 aromatic heterocycles. The lowest BCUT2D eigenvalue weighted by atomic mass is 10.0. The number of likely N-dealkylation sites (tertiary alicyclic amines) is 1. The Labute approximate surface area is 127 Å². The molecule has 20 heavy (non-hydrogen) atoms. The molecule has 2 fully saturated rings. The van der Waals surface area contributed by atoms with Gasteiger partial charge >= 0.3 is 0 Å². The van der Waals surface area contributed by atoms with Crippen molar-refractivity contribution in [2.24, 2.45) is 0 Å². The highest BCUT2D eigenvalue weighted by Gasteiger charge is 2.18. The Morgan fingerprint density at radius 1 is 1.45 bits per heavy atom. The first-order valence-corrected chi connectivity index (χ1v) is 9.23. The van der Waals surface area contributed by atoms with E-state index in [1.165, 1.54) is 31.6 Å². The molecule has 0 radical (unpaired) electrons. The van der Waals surface area contributed by atoms with Crippen molar-refractivity contribution in [2.75, 3.05) is 37.7 Å². The van der Waals surface area contributed by atoms with E-state index in [1.54, 1.807) is 0 Å². The first-order valence-electron chi connectivity index (χ1n) is 8.07. The summed E-state index contributed by atoms with van der Waals surface area (Å²) in [4.78, 5) is 14.4. The van der Waals surface area contributed by atoms with Crippen LogP contribution in [0.5, 0.6) is 0 Å². The summed E-state index contributed by atoms with van der Waals surface area (Å²) in [5.41, 5.74) is 0. The first-order chi connectivity index (χ1) is 9.75. The summed E-state index contributed by atoms with van der Waals surface area (Å²) in [6, 6.07) is 1.10. The van der Waals surface area contributed by atoms with E-state index < -0.39 is 0 Å². The van der Waals surface area contributed by atoms with Crippen LogP contribution in [0, 0.1) is 0 Å². The highest BCUT2D eigenvalue weighted by molar-refractivity contribution is 7.99. The van der Waals surface area contributed by atoms with Crippen LogP contribution >= 0.6 is 11.8 Å². The minimum atomic E-state index is 0.205. The molecule has 5 heteroatoms. The van der Waals surface area contributed by atoms with Crippen LogP contribution in [0.1, 0.15) is 39.0 Å². The number of carbonyl (C=O) groups excluding carboxylic acids is 1. The van der Waals surface area contributed by atoms with Crippen LogP contribution in [-0.2, 0) is 4.79 Å². The van der Waals surface area contributed by atoms with E-state index in [9.17, 15) is 4.79 Å². The Morgan fingerprint density at radius 2 is 2.35 bits per heavy atom. The summed E-state index contributed by atoms with van der Waals surface area (Å²) < 4.78 is 0. The third kappa shape index (κ3) is 5.62. The topological polar surface area (TPSA) is 44.4 Å².